The van der Waals surface area contributed by atoms with Crippen LogP contribution >= 0.6 is 140 Å². The van der Waals surface area contributed by atoms with Gasteiger partial charge in [-0.1, -0.05) is 129 Å². The lowest BCUT2D eigenvalue weighted by Crippen LogP contribution is -2.16. The lowest BCUT2D eigenvalue weighted by molar-refractivity contribution is 0.0774. The van der Waals surface area contributed by atoms with Gasteiger partial charge in [-0.05, 0) is 168 Å². The molecule has 0 bridgehead atoms. The van der Waals surface area contributed by atoms with Crippen LogP contribution in [0.2, 0.25) is 40.7 Å². The van der Waals surface area contributed by atoms with Gasteiger partial charge in [0.2, 0.25) is 11.9 Å². The molecule has 6 amide bonds. The quantitative estimate of drug-likeness (QED) is 0.0147. The summed E-state index contributed by atoms with van der Waals surface area (Å²) in [7, 11) is -28.7. The van der Waals surface area contributed by atoms with E-state index < -0.39 is 178 Å². The second kappa shape index (κ2) is 51.3. The van der Waals surface area contributed by atoms with Gasteiger partial charge in [0.05, 0.1) is 54.2 Å². The first-order chi connectivity index (χ1) is 66.0. The summed E-state index contributed by atoms with van der Waals surface area (Å²) in [6, 6.07) is 32.1. The Balaban J connectivity index is 0.000000233. The molecule has 0 spiro atoms. The molecule has 12 rings (SSSR count). The molecule has 0 aliphatic carbocycles. The fourth-order valence-corrected chi connectivity index (χ4v) is 14.9. The minimum Gasteiger partial charge on any atom is -0.319 e. The van der Waals surface area contributed by atoms with Gasteiger partial charge in [-0.15, -0.1) is 0 Å². The highest BCUT2D eigenvalue weighted by Gasteiger charge is 2.33. The SMILES string of the molecule is Cc1ccc(NC(=O)c2cc(Cl)n(C(C)OP(=O)(O)O)n2)c(F)c1.Cc1ccc(NC(=O)c2cc(Cl)n(COP(=O)(O)O)n2)c(F)c1.Cc1ccc(NC(=O)c2cc(F)n(C(C)OP(=O)(O)O)n2)c(Cl)c1.Cc1ccc(NC(=O)c2cc(F)n(COP(=O)(O)O)n2)c(Cl)c1.Cc1ccc(NC(=O)c2nn(C(C)OP(=O)(O)O)c(Cl)c2F)c(Cl)c1.Cc1ccc(NC(=O)c2nn(COP(=O)(O)O)c(Cl)c2F)c(Cl)c1. The van der Waals surface area contributed by atoms with Crippen molar-refractivity contribution in [2.75, 3.05) is 31.9 Å². The molecule has 12 aromatic rings. The zero-order valence-electron chi connectivity index (χ0n) is 73.6. The Kier molecular flexibility index (Phi) is 43.0. The first-order valence-electron chi connectivity index (χ1n) is 38.6. The first-order valence-corrected chi connectivity index (χ1v) is 50.8. The highest BCUT2D eigenvalue weighted by Crippen LogP contribution is 2.45. The molecule has 6 aromatic heterocycles. The summed E-state index contributed by atoms with van der Waals surface area (Å²) in [5, 5.41) is 36.0. The van der Waals surface area contributed by atoms with Crippen LogP contribution < -0.4 is 31.9 Å². The normalized spacial score (nSPS) is 12.2. The van der Waals surface area contributed by atoms with Crippen molar-refractivity contribution in [3.05, 3.63) is 277 Å². The molecule has 0 saturated heterocycles. The molecule has 0 saturated carbocycles. The number of amides is 6. The number of nitrogens with one attached hydrogen (secondary N) is 6. The van der Waals surface area contributed by atoms with E-state index in [1.54, 1.807) is 100 Å². The maximum Gasteiger partial charge on any atom is 0.471 e. The highest BCUT2D eigenvalue weighted by atomic mass is 35.5. The number of carbonyl (C=O) groups is 6. The number of carbonyl (C=O) groups excluding carboxylic acids is 6. The molecule has 0 aliphatic rings. The Morgan fingerprint density at radius 1 is 0.308 bits per heavy atom. The summed E-state index contributed by atoms with van der Waals surface area (Å²) in [4.78, 5) is 177. The van der Waals surface area contributed by atoms with Gasteiger partial charge in [0.1, 0.15) is 21.9 Å². The van der Waals surface area contributed by atoms with E-state index >= 15 is 0 Å². The van der Waals surface area contributed by atoms with Crippen LogP contribution in [0, 0.1) is 76.7 Å². The fourth-order valence-electron chi connectivity index (χ4n) is 10.7. The smallest absolute Gasteiger partial charge is 0.319 e. The summed E-state index contributed by atoms with van der Waals surface area (Å²) in [6.07, 6.45) is -4.03. The molecule has 3 unspecified atom stereocenters. The molecule has 3 atom stereocenters. The first kappa shape index (κ1) is 120. The molecular formula is C75H76Cl8F6N18O30P6. The lowest BCUT2D eigenvalue weighted by Gasteiger charge is -2.14. The van der Waals surface area contributed by atoms with Crippen molar-refractivity contribution in [2.45, 2.75) is 101 Å². The van der Waals surface area contributed by atoms with E-state index in [9.17, 15) is 82.5 Å². The van der Waals surface area contributed by atoms with E-state index in [1.165, 1.54) is 63.2 Å². The van der Waals surface area contributed by atoms with Gasteiger partial charge in [-0.2, -0.15) is 39.4 Å². The largest absolute Gasteiger partial charge is 0.471 e. The van der Waals surface area contributed by atoms with Crippen molar-refractivity contribution in [3.63, 3.8) is 0 Å². The highest BCUT2D eigenvalue weighted by molar-refractivity contribution is 7.47. The van der Waals surface area contributed by atoms with E-state index in [-0.39, 0.29) is 65.9 Å². The molecule has 18 N–H and O–H groups in total. The van der Waals surface area contributed by atoms with Crippen molar-refractivity contribution in [2.24, 2.45) is 0 Å². The minimum absolute atomic E-state index is 0.0299. The van der Waals surface area contributed by atoms with Crippen LogP contribution in [-0.2, 0) is 74.7 Å². The van der Waals surface area contributed by atoms with Crippen molar-refractivity contribution < 1.29 is 168 Å². The van der Waals surface area contributed by atoms with Crippen molar-refractivity contribution in [1.82, 2.24) is 58.7 Å². The van der Waals surface area contributed by atoms with Crippen LogP contribution in [0.3, 0.4) is 0 Å². The second-order valence-corrected chi connectivity index (χ2v) is 39.0. The number of rotatable bonds is 30. The third-order valence-electron chi connectivity index (χ3n) is 17.0. The Hall–Kier alpha value is -10.0. The van der Waals surface area contributed by atoms with Crippen LogP contribution in [0.4, 0.5) is 60.5 Å². The number of halogens is 14. The minimum atomic E-state index is -4.86. The number of phosphoric ester groups is 6. The van der Waals surface area contributed by atoms with Crippen LogP contribution in [-0.4, -0.2) is 153 Å². The predicted octanol–water partition coefficient (Wildman–Crippen LogP) is 16.8. The Labute approximate surface area is 841 Å². The molecule has 0 aliphatic heterocycles. The summed E-state index contributed by atoms with van der Waals surface area (Å²) in [5.74, 6) is -10.3. The Morgan fingerprint density at radius 2 is 0.580 bits per heavy atom. The van der Waals surface area contributed by atoms with Crippen molar-refractivity contribution >= 4 is 209 Å². The third-order valence-corrected chi connectivity index (χ3v) is 22.7. The van der Waals surface area contributed by atoms with Crippen LogP contribution in [0.5, 0.6) is 0 Å². The van der Waals surface area contributed by atoms with E-state index in [1.807, 2.05) is 13.8 Å². The summed E-state index contributed by atoms with van der Waals surface area (Å²) in [6.45, 7) is 12.0. The van der Waals surface area contributed by atoms with E-state index in [2.05, 4.69) is 89.6 Å². The van der Waals surface area contributed by atoms with Crippen LogP contribution in [0.25, 0.3) is 0 Å². The van der Waals surface area contributed by atoms with Gasteiger partial charge < -0.3 is 90.6 Å². The number of aromatic nitrogens is 12. The number of aryl methyl sites for hydroxylation is 6. The topological polar surface area (TPSA) is 682 Å². The molecule has 774 valence electrons. The number of benzene rings is 6. The van der Waals surface area contributed by atoms with E-state index in [0.717, 1.165) is 49.8 Å². The maximum atomic E-state index is 14.2. The monoisotopic (exact) mass is 2290 g/mol. The lowest BCUT2D eigenvalue weighted by atomic mass is 10.2. The molecule has 68 heteroatoms. The molecule has 143 heavy (non-hydrogen) atoms. The van der Waals surface area contributed by atoms with Crippen molar-refractivity contribution in [3.8, 4) is 0 Å². The number of hydrogen-bond donors (Lipinski definition) is 18. The maximum absolute atomic E-state index is 14.2. The van der Waals surface area contributed by atoms with Gasteiger partial charge in [0.15, 0.2) is 95.0 Å². The number of phosphoric acid groups is 6. The molecule has 0 radical (unpaired) electrons. The van der Waals surface area contributed by atoms with Gasteiger partial charge in [-0.25, -0.2) is 73.0 Å². The van der Waals surface area contributed by atoms with Crippen molar-refractivity contribution in [1.29, 1.82) is 0 Å². The van der Waals surface area contributed by atoms with E-state index in [0.29, 0.717) is 51.3 Å². The van der Waals surface area contributed by atoms with E-state index in [4.69, 9.17) is 152 Å². The fraction of sp³-hybridized carbons (Fsp3) is 0.200. The summed E-state index contributed by atoms with van der Waals surface area (Å²) >= 11 is 47.0. The average molecular weight is 2290 g/mol. The Morgan fingerprint density at radius 3 is 0.944 bits per heavy atom. The van der Waals surface area contributed by atoms with Gasteiger partial charge in [-0.3, -0.25) is 55.9 Å². The third kappa shape index (κ3) is 38.4. The number of hydrogen-bond acceptors (Lipinski definition) is 24. The van der Waals surface area contributed by atoms with Crippen LogP contribution in [0.15, 0.2) is 133 Å². The second-order valence-electron chi connectivity index (χ2n) is 28.6. The molecular weight excluding hydrogens is 2220 g/mol. The Bertz CT molecular complexity index is 6770. The number of anilines is 6. The van der Waals surface area contributed by atoms with Crippen LogP contribution in [0.1, 0.15) is 136 Å². The van der Waals surface area contributed by atoms with Gasteiger partial charge >= 0.3 is 46.9 Å². The zero-order chi connectivity index (χ0) is 108. The summed E-state index contributed by atoms with van der Waals surface area (Å²) in [5.41, 5.74) is 3.71. The molecule has 0 fully saturated rings. The average Bonchev–Trinajstić information content (AvgIpc) is 1.66. The summed E-state index contributed by atoms with van der Waals surface area (Å²) < 4.78 is 177. The van der Waals surface area contributed by atoms with Gasteiger partial charge in [0, 0.05) is 24.3 Å². The molecule has 6 heterocycles. The number of nitrogens with zero attached hydrogens (tertiary/aromatic N) is 12. The predicted molar refractivity (Wildman–Crippen MR) is 501 cm³/mol. The zero-order valence-corrected chi connectivity index (χ0v) is 85.0. The standard InChI is InChI=1S/C13H13Cl2FN3O5P.2C13H14ClFN3O5P.C12H11Cl2FN3O5P.2C12H12ClFN3O5P/c1-6-3-4-9(8(14)5-6)17-13(20)11-10(16)12(15)19(18-11)7(2)24-25(21,22)23;1-7-3-4-10(9(15)5-7)16-13(19)11-6-12(14)18(17-11)8(2)23-24(20,21)22;1-7-3-4-10(9(14)5-7)16-13(19)11-6-12(15)18(17-11)8(2)23-24(20,21)22;1-6-2-3-8(7(13)4-6)16-12(19)10-9(15)11(14)18(17-10)5-23-24(20,21)22;1-7-2-3-9(8(14)4-7)15-12(18)10-5-11(13)17(16-10)6-22-23(19,20)21;1-7-2-3-9(8(13)4-7)15-12(18)10-5-11(14)17(16-10)6-22-23(19,20)21/h3-5,7H,1-2H3,(H,17,20)(H2,21,22,23);2*3-6,8H,1-2H3,(H,16,19)(H2,20,21,22);2-4H,5H2,1H3,(H,16,19)(H2,20,21,22);2*2-5H,6H2,1H3,(H,15,18)(H2,19,20,21). The molecule has 6 aromatic carbocycles. The molecule has 48 nitrogen and oxygen atoms in total. The van der Waals surface area contributed by atoms with Gasteiger partial charge in [0.25, 0.3) is 35.4 Å².